The molecule has 0 aromatic heterocycles. The summed E-state index contributed by atoms with van der Waals surface area (Å²) in [7, 11) is 0. The number of hydrogen-bond acceptors (Lipinski definition) is 3. The number of ether oxygens (including phenoxy) is 1. The Morgan fingerprint density at radius 3 is 2.61 bits per heavy atom. The molecule has 0 saturated heterocycles. The highest BCUT2D eigenvalue weighted by Crippen LogP contribution is 2.21. The second kappa shape index (κ2) is 5.56. The van der Waals surface area contributed by atoms with E-state index in [2.05, 4.69) is 0 Å². The number of halogens is 4. The van der Waals surface area contributed by atoms with Gasteiger partial charge in [-0.15, -0.1) is 0 Å². The standard InChI is InChI=1S/C10H10F4N2O2/c11-6-1-2-8(7(15)3-6)18-4-9(17)16-5-10(12,13)14/h1-3H,4-5,15H2,(H,16,17). The molecule has 0 spiro atoms. The van der Waals surface area contributed by atoms with Crippen molar-refractivity contribution in [3.63, 3.8) is 0 Å². The van der Waals surface area contributed by atoms with Crippen LogP contribution in [0.15, 0.2) is 18.2 Å². The van der Waals surface area contributed by atoms with Crippen molar-refractivity contribution in [1.29, 1.82) is 0 Å². The second-order valence-electron chi connectivity index (χ2n) is 3.36. The summed E-state index contributed by atoms with van der Waals surface area (Å²) >= 11 is 0. The summed E-state index contributed by atoms with van der Waals surface area (Å²) in [6, 6.07) is 3.21. The smallest absolute Gasteiger partial charge is 0.405 e. The van der Waals surface area contributed by atoms with Gasteiger partial charge < -0.3 is 15.8 Å². The summed E-state index contributed by atoms with van der Waals surface area (Å²) in [6.45, 7) is -2.07. The van der Waals surface area contributed by atoms with Crippen LogP contribution in [0, 0.1) is 5.82 Å². The van der Waals surface area contributed by atoms with E-state index in [0.717, 1.165) is 12.1 Å². The number of amides is 1. The Morgan fingerprint density at radius 1 is 1.39 bits per heavy atom. The quantitative estimate of drug-likeness (QED) is 0.640. The summed E-state index contributed by atoms with van der Waals surface area (Å²) in [5, 5.41) is 1.62. The van der Waals surface area contributed by atoms with Crippen molar-refractivity contribution in [3.8, 4) is 5.75 Å². The van der Waals surface area contributed by atoms with Crippen LogP contribution >= 0.6 is 0 Å². The number of nitrogens with one attached hydrogen (secondary N) is 1. The zero-order valence-electron chi connectivity index (χ0n) is 9.05. The highest BCUT2D eigenvalue weighted by molar-refractivity contribution is 5.77. The highest BCUT2D eigenvalue weighted by atomic mass is 19.4. The maximum atomic E-state index is 12.7. The predicted octanol–water partition coefficient (Wildman–Crippen LogP) is 1.47. The Hall–Kier alpha value is -1.99. The van der Waals surface area contributed by atoms with Gasteiger partial charge in [0.05, 0.1) is 5.69 Å². The van der Waals surface area contributed by atoms with Gasteiger partial charge in [-0.3, -0.25) is 4.79 Å². The topological polar surface area (TPSA) is 64.3 Å². The van der Waals surface area contributed by atoms with Crippen molar-refractivity contribution < 1.29 is 27.1 Å². The van der Waals surface area contributed by atoms with Crippen LogP contribution in [0.3, 0.4) is 0 Å². The van der Waals surface area contributed by atoms with Crippen LogP contribution < -0.4 is 15.8 Å². The summed E-state index contributed by atoms with van der Waals surface area (Å²) in [5.74, 6) is -1.50. The van der Waals surface area contributed by atoms with E-state index >= 15 is 0 Å². The number of benzene rings is 1. The molecule has 0 aliphatic heterocycles. The first-order valence-corrected chi connectivity index (χ1v) is 4.79. The number of hydrogen-bond donors (Lipinski definition) is 2. The molecule has 4 nitrogen and oxygen atoms in total. The van der Waals surface area contributed by atoms with E-state index in [1.165, 1.54) is 6.07 Å². The Labute approximate surface area is 99.7 Å². The zero-order valence-corrected chi connectivity index (χ0v) is 9.05. The fourth-order valence-corrected chi connectivity index (χ4v) is 1.04. The lowest BCUT2D eigenvalue weighted by Gasteiger charge is -2.10. The molecule has 1 amide bonds. The Kier molecular flexibility index (Phi) is 4.35. The molecule has 8 heteroatoms. The van der Waals surface area contributed by atoms with E-state index in [1.54, 1.807) is 5.32 Å². The van der Waals surface area contributed by atoms with Crippen LogP contribution in [0.4, 0.5) is 23.2 Å². The molecule has 0 saturated carbocycles. The molecule has 0 atom stereocenters. The van der Waals surface area contributed by atoms with Crippen molar-refractivity contribution in [2.24, 2.45) is 0 Å². The summed E-state index contributed by atoms with van der Waals surface area (Å²) in [5.41, 5.74) is 5.33. The molecule has 100 valence electrons. The minimum atomic E-state index is -4.48. The third-order valence-electron chi connectivity index (χ3n) is 1.82. The third kappa shape index (κ3) is 4.89. The Balaban J connectivity index is 2.43. The van der Waals surface area contributed by atoms with Crippen LogP contribution in [0.25, 0.3) is 0 Å². The summed E-state index contributed by atoms with van der Waals surface area (Å²) in [4.78, 5) is 11.0. The molecule has 1 aromatic rings. The minimum absolute atomic E-state index is 0.0264. The highest BCUT2D eigenvalue weighted by Gasteiger charge is 2.27. The molecular weight excluding hydrogens is 256 g/mol. The van der Waals surface area contributed by atoms with Gasteiger partial charge in [-0.25, -0.2) is 4.39 Å². The maximum Gasteiger partial charge on any atom is 0.405 e. The number of anilines is 1. The van der Waals surface area contributed by atoms with Gasteiger partial charge >= 0.3 is 6.18 Å². The van der Waals surface area contributed by atoms with Gasteiger partial charge in [0.25, 0.3) is 5.91 Å². The molecule has 1 rings (SSSR count). The fraction of sp³-hybridized carbons (Fsp3) is 0.300. The van der Waals surface area contributed by atoms with Crippen LogP contribution in [0.5, 0.6) is 5.75 Å². The van der Waals surface area contributed by atoms with E-state index in [0.29, 0.717) is 0 Å². The lowest BCUT2D eigenvalue weighted by atomic mass is 10.3. The Bertz CT molecular complexity index is 434. The first-order chi connectivity index (χ1) is 8.28. The molecule has 0 unspecified atom stereocenters. The molecule has 0 aliphatic rings. The average molecular weight is 266 g/mol. The van der Waals surface area contributed by atoms with Crippen molar-refractivity contribution in [2.45, 2.75) is 6.18 Å². The van der Waals surface area contributed by atoms with E-state index < -0.39 is 31.1 Å². The Morgan fingerprint density at radius 2 is 2.06 bits per heavy atom. The molecule has 18 heavy (non-hydrogen) atoms. The van der Waals surface area contributed by atoms with Crippen molar-refractivity contribution >= 4 is 11.6 Å². The average Bonchev–Trinajstić information content (AvgIpc) is 2.24. The molecule has 3 N–H and O–H groups in total. The van der Waals surface area contributed by atoms with Crippen molar-refractivity contribution in [2.75, 3.05) is 18.9 Å². The maximum absolute atomic E-state index is 12.7. The van der Waals surface area contributed by atoms with Gasteiger partial charge in [0.15, 0.2) is 6.61 Å². The molecular formula is C10H10F4N2O2. The molecule has 0 fully saturated rings. The first kappa shape index (κ1) is 14.1. The monoisotopic (exact) mass is 266 g/mol. The van der Waals surface area contributed by atoms with Gasteiger partial charge in [-0.05, 0) is 12.1 Å². The van der Waals surface area contributed by atoms with Gasteiger partial charge in [-0.2, -0.15) is 13.2 Å². The van der Waals surface area contributed by atoms with E-state index in [9.17, 15) is 22.4 Å². The SMILES string of the molecule is Nc1cc(F)ccc1OCC(=O)NCC(F)(F)F. The molecule has 0 heterocycles. The normalized spacial score (nSPS) is 11.1. The van der Waals surface area contributed by atoms with Gasteiger partial charge in [-0.1, -0.05) is 0 Å². The second-order valence-corrected chi connectivity index (χ2v) is 3.36. The fourth-order valence-electron chi connectivity index (χ4n) is 1.04. The number of carbonyl (C=O) groups is 1. The lowest BCUT2D eigenvalue weighted by molar-refractivity contribution is -0.139. The van der Waals surface area contributed by atoms with E-state index in [1.807, 2.05) is 0 Å². The van der Waals surface area contributed by atoms with Crippen LogP contribution in [0.1, 0.15) is 0 Å². The molecule has 0 aliphatic carbocycles. The number of carbonyl (C=O) groups excluding carboxylic acids is 1. The lowest BCUT2D eigenvalue weighted by Crippen LogP contribution is -2.36. The van der Waals surface area contributed by atoms with Gasteiger partial charge in [0.2, 0.25) is 0 Å². The summed E-state index contributed by atoms with van der Waals surface area (Å²) < 4.78 is 52.8. The van der Waals surface area contributed by atoms with Gasteiger partial charge in [0, 0.05) is 6.07 Å². The summed E-state index contributed by atoms with van der Waals surface area (Å²) in [6.07, 6.45) is -4.48. The van der Waals surface area contributed by atoms with Crippen LogP contribution in [0.2, 0.25) is 0 Å². The van der Waals surface area contributed by atoms with Crippen molar-refractivity contribution in [3.05, 3.63) is 24.0 Å². The zero-order chi connectivity index (χ0) is 13.8. The van der Waals surface area contributed by atoms with Crippen molar-refractivity contribution in [1.82, 2.24) is 5.32 Å². The number of alkyl halides is 3. The van der Waals surface area contributed by atoms with Gasteiger partial charge in [0.1, 0.15) is 18.1 Å². The number of nitrogens with two attached hydrogens (primary N) is 1. The molecule has 0 radical (unpaired) electrons. The first-order valence-electron chi connectivity index (χ1n) is 4.79. The van der Waals surface area contributed by atoms with E-state index in [-0.39, 0.29) is 11.4 Å². The van der Waals surface area contributed by atoms with Crippen LogP contribution in [-0.4, -0.2) is 25.2 Å². The molecule has 1 aromatic carbocycles. The van der Waals surface area contributed by atoms with E-state index in [4.69, 9.17) is 10.5 Å². The largest absolute Gasteiger partial charge is 0.482 e. The number of nitrogen functional groups attached to an aromatic ring is 1. The predicted molar refractivity (Wildman–Crippen MR) is 55.4 cm³/mol. The number of rotatable bonds is 4. The molecule has 0 bridgehead atoms. The third-order valence-corrected chi connectivity index (χ3v) is 1.82. The van der Waals surface area contributed by atoms with Crippen LogP contribution in [-0.2, 0) is 4.79 Å². The minimum Gasteiger partial charge on any atom is -0.482 e.